The number of hydrogen-bond donors (Lipinski definition) is 2. The standard InChI is InChI=1S/C21H24N2O5/c1-14-4-5-16(11-18(14)26-2)12-23-21(25)9-7-15-6-8-17(19(10-15)27-3)28-13-20(22)24/h4-11H,12-13H2,1-3H3,(H2,22,24)(H,23,25). The maximum atomic E-state index is 12.1. The number of methoxy groups -OCH3 is 2. The second-order valence-corrected chi connectivity index (χ2v) is 6.02. The Kier molecular flexibility index (Phi) is 7.45. The minimum absolute atomic E-state index is 0.229. The molecule has 0 unspecified atom stereocenters. The molecule has 0 saturated carbocycles. The van der Waals surface area contributed by atoms with Gasteiger partial charge in [0, 0.05) is 12.6 Å². The topological polar surface area (TPSA) is 99.9 Å². The first-order valence-electron chi connectivity index (χ1n) is 8.61. The molecule has 0 aromatic heterocycles. The van der Waals surface area contributed by atoms with Crippen LogP contribution >= 0.6 is 0 Å². The van der Waals surface area contributed by atoms with Crippen LogP contribution in [0.5, 0.6) is 17.2 Å². The highest BCUT2D eigenvalue weighted by Crippen LogP contribution is 2.28. The van der Waals surface area contributed by atoms with E-state index in [2.05, 4.69) is 5.32 Å². The van der Waals surface area contributed by atoms with Crippen LogP contribution in [0.1, 0.15) is 16.7 Å². The summed E-state index contributed by atoms with van der Waals surface area (Å²) >= 11 is 0. The lowest BCUT2D eigenvalue weighted by atomic mass is 10.1. The molecule has 0 heterocycles. The highest BCUT2D eigenvalue weighted by molar-refractivity contribution is 5.91. The Labute approximate surface area is 164 Å². The lowest BCUT2D eigenvalue weighted by Crippen LogP contribution is -2.20. The maximum Gasteiger partial charge on any atom is 0.255 e. The number of amides is 2. The van der Waals surface area contributed by atoms with Crippen LogP contribution in [0.3, 0.4) is 0 Å². The van der Waals surface area contributed by atoms with E-state index >= 15 is 0 Å². The number of ether oxygens (including phenoxy) is 3. The number of hydrogen-bond acceptors (Lipinski definition) is 5. The van der Waals surface area contributed by atoms with Crippen LogP contribution in [0.15, 0.2) is 42.5 Å². The Morgan fingerprint density at radius 2 is 1.79 bits per heavy atom. The fourth-order valence-electron chi connectivity index (χ4n) is 2.45. The molecule has 7 heteroatoms. The summed E-state index contributed by atoms with van der Waals surface area (Å²) in [6, 6.07) is 10.9. The largest absolute Gasteiger partial charge is 0.496 e. The second-order valence-electron chi connectivity index (χ2n) is 6.02. The first-order valence-corrected chi connectivity index (χ1v) is 8.61. The molecular formula is C21H24N2O5. The predicted octanol–water partition coefficient (Wildman–Crippen LogP) is 2.21. The monoisotopic (exact) mass is 384 g/mol. The van der Waals surface area contributed by atoms with Crippen LogP contribution in [0, 0.1) is 6.92 Å². The predicted molar refractivity (Wildman–Crippen MR) is 106 cm³/mol. The number of nitrogens with one attached hydrogen (secondary N) is 1. The zero-order valence-corrected chi connectivity index (χ0v) is 16.2. The number of rotatable bonds is 9. The van der Waals surface area contributed by atoms with Crippen molar-refractivity contribution >= 4 is 17.9 Å². The van der Waals surface area contributed by atoms with Gasteiger partial charge in [0.05, 0.1) is 14.2 Å². The van der Waals surface area contributed by atoms with E-state index in [1.54, 1.807) is 31.4 Å². The Morgan fingerprint density at radius 3 is 2.46 bits per heavy atom. The third-order valence-corrected chi connectivity index (χ3v) is 3.92. The number of primary amides is 1. The van der Waals surface area contributed by atoms with Gasteiger partial charge in [-0.1, -0.05) is 18.2 Å². The molecular weight excluding hydrogens is 360 g/mol. The first kappa shape index (κ1) is 20.8. The molecule has 0 fully saturated rings. The fraction of sp³-hybridized carbons (Fsp3) is 0.238. The number of nitrogens with two attached hydrogens (primary N) is 1. The van der Waals surface area contributed by atoms with E-state index in [1.165, 1.54) is 13.2 Å². The van der Waals surface area contributed by atoms with Crippen LogP contribution in [0.2, 0.25) is 0 Å². The lowest BCUT2D eigenvalue weighted by molar-refractivity contribution is -0.120. The van der Waals surface area contributed by atoms with Crippen molar-refractivity contribution in [3.8, 4) is 17.2 Å². The molecule has 0 radical (unpaired) electrons. The molecule has 2 aromatic rings. The van der Waals surface area contributed by atoms with Crippen molar-refractivity contribution < 1.29 is 23.8 Å². The summed E-state index contributed by atoms with van der Waals surface area (Å²) < 4.78 is 15.8. The zero-order chi connectivity index (χ0) is 20.5. The van der Waals surface area contributed by atoms with E-state index in [0.717, 1.165) is 22.4 Å². The van der Waals surface area contributed by atoms with Gasteiger partial charge in [0.2, 0.25) is 5.91 Å². The molecule has 7 nitrogen and oxygen atoms in total. The third kappa shape index (κ3) is 6.05. The van der Waals surface area contributed by atoms with Gasteiger partial charge in [-0.15, -0.1) is 0 Å². The summed E-state index contributed by atoms with van der Waals surface area (Å²) in [7, 11) is 3.11. The summed E-state index contributed by atoms with van der Waals surface area (Å²) in [5.41, 5.74) is 7.80. The van der Waals surface area contributed by atoms with E-state index in [9.17, 15) is 9.59 Å². The van der Waals surface area contributed by atoms with Crippen molar-refractivity contribution in [1.29, 1.82) is 0 Å². The fourth-order valence-corrected chi connectivity index (χ4v) is 2.45. The molecule has 0 aliphatic rings. The van der Waals surface area contributed by atoms with Gasteiger partial charge in [-0.3, -0.25) is 9.59 Å². The smallest absolute Gasteiger partial charge is 0.255 e. The van der Waals surface area contributed by atoms with Gasteiger partial charge >= 0.3 is 0 Å². The molecule has 3 N–H and O–H groups in total. The van der Waals surface area contributed by atoms with Gasteiger partial charge in [-0.05, 0) is 47.9 Å². The molecule has 0 bridgehead atoms. The van der Waals surface area contributed by atoms with Crippen molar-refractivity contribution in [3.63, 3.8) is 0 Å². The molecule has 2 rings (SSSR count). The molecule has 2 aromatic carbocycles. The molecule has 0 aliphatic carbocycles. The van der Waals surface area contributed by atoms with Crippen molar-refractivity contribution in [2.45, 2.75) is 13.5 Å². The van der Waals surface area contributed by atoms with Gasteiger partial charge in [0.1, 0.15) is 5.75 Å². The normalized spacial score (nSPS) is 10.5. The van der Waals surface area contributed by atoms with Crippen LogP contribution in [-0.4, -0.2) is 32.6 Å². The van der Waals surface area contributed by atoms with E-state index in [0.29, 0.717) is 18.0 Å². The molecule has 0 atom stereocenters. The van der Waals surface area contributed by atoms with Crippen molar-refractivity contribution in [1.82, 2.24) is 5.32 Å². The van der Waals surface area contributed by atoms with Crippen LogP contribution in [-0.2, 0) is 16.1 Å². The molecule has 28 heavy (non-hydrogen) atoms. The quantitative estimate of drug-likeness (QED) is 0.646. The third-order valence-electron chi connectivity index (χ3n) is 3.92. The van der Waals surface area contributed by atoms with Crippen LogP contribution < -0.4 is 25.3 Å². The van der Waals surface area contributed by atoms with Crippen LogP contribution in [0.25, 0.3) is 6.08 Å². The minimum atomic E-state index is -0.575. The minimum Gasteiger partial charge on any atom is -0.496 e. The maximum absolute atomic E-state index is 12.1. The summed E-state index contributed by atoms with van der Waals surface area (Å²) in [4.78, 5) is 22.9. The van der Waals surface area contributed by atoms with Crippen molar-refractivity contribution in [3.05, 3.63) is 59.2 Å². The SMILES string of the molecule is COc1cc(CNC(=O)C=Cc2ccc(OCC(N)=O)c(OC)c2)ccc1C. The highest BCUT2D eigenvalue weighted by Gasteiger charge is 2.07. The summed E-state index contributed by atoms with van der Waals surface area (Å²) in [6.45, 7) is 2.11. The van der Waals surface area contributed by atoms with E-state index in [-0.39, 0.29) is 12.5 Å². The second kappa shape index (κ2) is 10.0. The highest BCUT2D eigenvalue weighted by atomic mass is 16.5. The Bertz CT molecular complexity index is 877. The summed E-state index contributed by atoms with van der Waals surface area (Å²) in [5, 5.41) is 2.82. The molecule has 2 amide bonds. The number of carbonyl (C=O) groups excluding carboxylic acids is 2. The van der Waals surface area contributed by atoms with Gasteiger partial charge in [0.15, 0.2) is 18.1 Å². The number of benzene rings is 2. The van der Waals surface area contributed by atoms with Gasteiger partial charge in [0.25, 0.3) is 5.91 Å². The molecule has 0 aliphatic heterocycles. The lowest BCUT2D eigenvalue weighted by Gasteiger charge is -2.10. The zero-order valence-electron chi connectivity index (χ0n) is 16.2. The summed E-state index contributed by atoms with van der Waals surface area (Å²) in [6.07, 6.45) is 3.09. The molecule has 0 spiro atoms. The van der Waals surface area contributed by atoms with E-state index in [1.807, 2.05) is 25.1 Å². The average molecular weight is 384 g/mol. The molecule has 148 valence electrons. The van der Waals surface area contributed by atoms with E-state index in [4.69, 9.17) is 19.9 Å². The van der Waals surface area contributed by atoms with Gasteiger partial charge < -0.3 is 25.3 Å². The summed E-state index contributed by atoms with van der Waals surface area (Å²) in [5.74, 6) is 0.821. The Hall–Kier alpha value is -3.48. The number of aryl methyl sites for hydroxylation is 1. The Morgan fingerprint density at radius 1 is 1.04 bits per heavy atom. The van der Waals surface area contributed by atoms with Gasteiger partial charge in [-0.25, -0.2) is 0 Å². The van der Waals surface area contributed by atoms with E-state index < -0.39 is 5.91 Å². The van der Waals surface area contributed by atoms with Gasteiger partial charge in [-0.2, -0.15) is 0 Å². The average Bonchev–Trinajstić information content (AvgIpc) is 2.70. The molecule has 0 saturated heterocycles. The van der Waals surface area contributed by atoms with Crippen molar-refractivity contribution in [2.24, 2.45) is 5.73 Å². The van der Waals surface area contributed by atoms with Crippen LogP contribution in [0.4, 0.5) is 0 Å². The number of carbonyl (C=O) groups is 2. The Balaban J connectivity index is 1.96. The van der Waals surface area contributed by atoms with Crippen molar-refractivity contribution in [2.75, 3.05) is 20.8 Å². The first-order chi connectivity index (χ1) is 13.4.